The van der Waals surface area contributed by atoms with Gasteiger partial charge in [0, 0.05) is 5.92 Å². The van der Waals surface area contributed by atoms with E-state index in [1.807, 2.05) is 24.3 Å². The van der Waals surface area contributed by atoms with Crippen LogP contribution in [0.15, 0.2) is 29.4 Å². The molecule has 4 heteroatoms. The number of nitrogens with one attached hydrogen (secondary N) is 1. The maximum atomic E-state index is 11.7. The van der Waals surface area contributed by atoms with Crippen molar-refractivity contribution in [3.8, 4) is 5.75 Å². The van der Waals surface area contributed by atoms with Gasteiger partial charge < -0.3 is 4.74 Å². The lowest BCUT2D eigenvalue weighted by atomic mass is 10.1. The molecule has 0 aliphatic heterocycles. The zero-order valence-corrected chi connectivity index (χ0v) is 10.6. The second-order valence-corrected chi connectivity index (χ2v) is 4.49. The van der Waals surface area contributed by atoms with E-state index in [0.717, 1.165) is 37.0 Å². The van der Waals surface area contributed by atoms with Gasteiger partial charge in [0.1, 0.15) is 5.75 Å². The fraction of sp³-hybridized carbons (Fsp3) is 0.429. The summed E-state index contributed by atoms with van der Waals surface area (Å²) in [4.78, 5) is 11.7. The molecule has 0 heterocycles. The molecule has 0 atom stereocenters. The number of hydrogen-bond acceptors (Lipinski definition) is 3. The topological polar surface area (TPSA) is 50.7 Å². The monoisotopic (exact) mass is 246 g/mol. The highest BCUT2D eigenvalue weighted by Gasteiger charge is 2.21. The van der Waals surface area contributed by atoms with Crippen molar-refractivity contribution in [2.75, 3.05) is 7.11 Å². The van der Waals surface area contributed by atoms with Crippen LogP contribution in [0.1, 0.15) is 31.2 Å². The molecule has 18 heavy (non-hydrogen) atoms. The summed E-state index contributed by atoms with van der Waals surface area (Å²) in [5.41, 5.74) is 3.53. The summed E-state index contributed by atoms with van der Waals surface area (Å²) in [5, 5.41) is 3.98. The van der Waals surface area contributed by atoms with Gasteiger partial charge in [0.2, 0.25) is 5.91 Å². The molecule has 0 bridgehead atoms. The Bertz CT molecular complexity index is 420. The van der Waals surface area contributed by atoms with E-state index in [1.165, 1.54) is 0 Å². The van der Waals surface area contributed by atoms with Crippen LogP contribution in [0.5, 0.6) is 5.75 Å². The number of methoxy groups -OCH3 is 1. The first kappa shape index (κ1) is 12.6. The first-order valence-corrected chi connectivity index (χ1v) is 6.26. The molecule has 0 unspecified atom stereocenters. The second kappa shape index (κ2) is 6.19. The van der Waals surface area contributed by atoms with Gasteiger partial charge in [-0.3, -0.25) is 4.79 Å². The number of nitrogens with zero attached hydrogens (tertiary/aromatic N) is 1. The van der Waals surface area contributed by atoms with Crippen LogP contribution >= 0.6 is 0 Å². The Kier molecular flexibility index (Phi) is 4.34. The van der Waals surface area contributed by atoms with E-state index in [0.29, 0.717) is 0 Å². The number of hydrogen-bond donors (Lipinski definition) is 1. The molecule has 0 spiro atoms. The summed E-state index contributed by atoms with van der Waals surface area (Å²) in [6.45, 7) is 0. The van der Waals surface area contributed by atoms with Crippen molar-refractivity contribution in [3.63, 3.8) is 0 Å². The molecule has 1 aromatic rings. The molecule has 1 aromatic carbocycles. The molecule has 1 aliphatic rings. The molecular weight excluding hydrogens is 228 g/mol. The molecule has 1 aliphatic carbocycles. The zero-order chi connectivity index (χ0) is 12.8. The number of rotatable bonds is 4. The SMILES string of the molecule is COc1ccc(/C=N/NC(=O)C2CCCC2)cc1. The van der Waals surface area contributed by atoms with Gasteiger partial charge in [0.05, 0.1) is 13.3 Å². The van der Waals surface area contributed by atoms with E-state index >= 15 is 0 Å². The Morgan fingerprint density at radius 1 is 1.33 bits per heavy atom. The fourth-order valence-electron chi connectivity index (χ4n) is 2.14. The lowest BCUT2D eigenvalue weighted by Gasteiger charge is -2.05. The second-order valence-electron chi connectivity index (χ2n) is 4.49. The number of hydrazone groups is 1. The third kappa shape index (κ3) is 3.32. The van der Waals surface area contributed by atoms with Crippen LogP contribution in [0.2, 0.25) is 0 Å². The fourth-order valence-corrected chi connectivity index (χ4v) is 2.14. The van der Waals surface area contributed by atoms with Gasteiger partial charge >= 0.3 is 0 Å². The number of amides is 1. The van der Waals surface area contributed by atoms with Crippen molar-refractivity contribution in [1.82, 2.24) is 5.43 Å². The molecule has 1 saturated carbocycles. The predicted molar refractivity (Wildman–Crippen MR) is 70.7 cm³/mol. The third-order valence-corrected chi connectivity index (χ3v) is 3.23. The van der Waals surface area contributed by atoms with E-state index in [-0.39, 0.29) is 11.8 Å². The van der Waals surface area contributed by atoms with Gasteiger partial charge in [-0.25, -0.2) is 5.43 Å². The van der Waals surface area contributed by atoms with Gasteiger partial charge in [-0.2, -0.15) is 5.10 Å². The van der Waals surface area contributed by atoms with Crippen LogP contribution in [-0.2, 0) is 4.79 Å². The first-order valence-electron chi connectivity index (χ1n) is 6.26. The maximum Gasteiger partial charge on any atom is 0.243 e. The van der Waals surface area contributed by atoms with E-state index in [1.54, 1.807) is 13.3 Å². The van der Waals surface area contributed by atoms with Gasteiger partial charge in [0.15, 0.2) is 0 Å². The van der Waals surface area contributed by atoms with Crippen molar-refractivity contribution in [2.45, 2.75) is 25.7 Å². The highest BCUT2D eigenvalue weighted by molar-refractivity contribution is 5.83. The highest BCUT2D eigenvalue weighted by Crippen LogP contribution is 2.24. The van der Waals surface area contributed by atoms with Gasteiger partial charge in [-0.1, -0.05) is 12.8 Å². The molecule has 1 N–H and O–H groups in total. The summed E-state index contributed by atoms with van der Waals surface area (Å²) in [6.07, 6.45) is 5.93. The highest BCUT2D eigenvalue weighted by atomic mass is 16.5. The average Bonchev–Trinajstić information content (AvgIpc) is 2.93. The van der Waals surface area contributed by atoms with E-state index < -0.39 is 0 Å². The molecule has 0 aromatic heterocycles. The number of carbonyl (C=O) groups excluding carboxylic acids is 1. The third-order valence-electron chi connectivity index (χ3n) is 3.23. The molecule has 1 fully saturated rings. The minimum atomic E-state index is 0.0391. The Hall–Kier alpha value is -1.84. The smallest absolute Gasteiger partial charge is 0.243 e. The molecular formula is C14H18N2O2. The van der Waals surface area contributed by atoms with Gasteiger partial charge in [-0.05, 0) is 42.7 Å². The molecule has 2 rings (SSSR count). The molecule has 0 radical (unpaired) electrons. The summed E-state index contributed by atoms with van der Waals surface area (Å²) in [6, 6.07) is 7.51. The normalized spacial score (nSPS) is 16.1. The van der Waals surface area contributed by atoms with E-state index in [9.17, 15) is 4.79 Å². The Morgan fingerprint density at radius 2 is 2.00 bits per heavy atom. The standard InChI is InChI=1S/C14H18N2O2/c1-18-13-8-6-11(7-9-13)10-15-16-14(17)12-4-2-3-5-12/h6-10,12H,2-5H2,1H3,(H,16,17)/b15-10+. The number of ether oxygens (including phenoxy) is 1. The van der Waals surface area contributed by atoms with Crippen molar-refractivity contribution in [1.29, 1.82) is 0 Å². The zero-order valence-electron chi connectivity index (χ0n) is 10.6. The average molecular weight is 246 g/mol. The molecule has 4 nitrogen and oxygen atoms in total. The Morgan fingerprint density at radius 3 is 2.61 bits per heavy atom. The molecule has 96 valence electrons. The van der Waals surface area contributed by atoms with E-state index in [2.05, 4.69) is 10.5 Å². The summed E-state index contributed by atoms with van der Waals surface area (Å²) < 4.78 is 5.07. The van der Waals surface area contributed by atoms with E-state index in [4.69, 9.17) is 4.74 Å². The van der Waals surface area contributed by atoms with Crippen LogP contribution in [0, 0.1) is 5.92 Å². The summed E-state index contributed by atoms with van der Waals surface area (Å²) >= 11 is 0. The molecule has 0 saturated heterocycles. The quantitative estimate of drug-likeness (QED) is 0.655. The van der Waals surface area contributed by atoms with Gasteiger partial charge in [-0.15, -0.1) is 0 Å². The first-order chi connectivity index (χ1) is 8.79. The van der Waals surface area contributed by atoms with Crippen LogP contribution in [0.3, 0.4) is 0 Å². The van der Waals surface area contributed by atoms with Crippen molar-refractivity contribution in [2.24, 2.45) is 11.0 Å². The predicted octanol–water partition coefficient (Wildman–Crippen LogP) is 2.34. The minimum absolute atomic E-state index is 0.0391. The van der Waals surface area contributed by atoms with Crippen LogP contribution in [0.25, 0.3) is 0 Å². The van der Waals surface area contributed by atoms with Gasteiger partial charge in [0.25, 0.3) is 0 Å². The van der Waals surface area contributed by atoms with Crippen molar-refractivity contribution in [3.05, 3.63) is 29.8 Å². The number of benzene rings is 1. The van der Waals surface area contributed by atoms with Crippen LogP contribution in [-0.4, -0.2) is 19.2 Å². The Balaban J connectivity index is 1.84. The largest absolute Gasteiger partial charge is 0.497 e. The number of carbonyl (C=O) groups is 1. The summed E-state index contributed by atoms with van der Waals surface area (Å²) in [7, 11) is 1.63. The Labute approximate surface area is 107 Å². The van der Waals surface area contributed by atoms with Crippen LogP contribution in [0.4, 0.5) is 0 Å². The van der Waals surface area contributed by atoms with Crippen molar-refractivity contribution < 1.29 is 9.53 Å². The lowest BCUT2D eigenvalue weighted by molar-refractivity contribution is -0.124. The van der Waals surface area contributed by atoms with Crippen molar-refractivity contribution >= 4 is 12.1 Å². The van der Waals surface area contributed by atoms with Crippen LogP contribution < -0.4 is 10.2 Å². The lowest BCUT2D eigenvalue weighted by Crippen LogP contribution is -2.24. The molecule has 1 amide bonds. The summed E-state index contributed by atoms with van der Waals surface area (Å²) in [5.74, 6) is 0.998. The maximum absolute atomic E-state index is 11.7. The minimum Gasteiger partial charge on any atom is -0.497 e.